The molecule has 0 amide bonds. The van der Waals surface area contributed by atoms with E-state index in [9.17, 15) is 19.5 Å². The minimum atomic E-state index is -1.32. The normalized spacial score (nSPS) is 44.3. The van der Waals surface area contributed by atoms with E-state index in [1.807, 2.05) is 34.6 Å². The van der Waals surface area contributed by atoms with Gasteiger partial charge in [-0.25, -0.2) is 9.59 Å². The summed E-state index contributed by atoms with van der Waals surface area (Å²) in [6.07, 6.45) is 3.40. The van der Waals surface area contributed by atoms with Crippen molar-refractivity contribution in [1.29, 1.82) is 0 Å². The number of hydrogen-bond acceptors (Lipinski definition) is 8. The van der Waals surface area contributed by atoms with Gasteiger partial charge in [-0.05, 0) is 26.3 Å². The lowest BCUT2D eigenvalue weighted by molar-refractivity contribution is -0.349. The number of carbonyl (C=O) groups excluding carboxylic acids is 3. The maximum absolute atomic E-state index is 13.8. The number of methoxy groups -OCH3 is 1. The Morgan fingerprint density at radius 1 is 1.17 bits per heavy atom. The van der Waals surface area contributed by atoms with Crippen molar-refractivity contribution < 1.29 is 38.1 Å². The summed E-state index contributed by atoms with van der Waals surface area (Å²) in [6.45, 7) is 9.55. The Hall–Kier alpha value is -2.71. The van der Waals surface area contributed by atoms with Gasteiger partial charge in [-0.3, -0.25) is 4.79 Å². The van der Waals surface area contributed by atoms with Crippen molar-refractivity contribution >= 4 is 17.7 Å². The van der Waals surface area contributed by atoms with Gasteiger partial charge in [0.05, 0.1) is 25.7 Å². The van der Waals surface area contributed by atoms with Crippen molar-refractivity contribution in [1.82, 2.24) is 0 Å². The van der Waals surface area contributed by atoms with Gasteiger partial charge in [-0.1, -0.05) is 32.4 Å². The number of allylic oxidation sites excluding steroid dienone is 2. The highest BCUT2D eigenvalue weighted by molar-refractivity contribution is 6.02. The largest absolute Gasteiger partial charge is 0.472 e. The molecular formula is C27H32O8. The van der Waals surface area contributed by atoms with Gasteiger partial charge in [0.25, 0.3) is 0 Å². The summed E-state index contributed by atoms with van der Waals surface area (Å²) < 4.78 is 22.4. The van der Waals surface area contributed by atoms with Crippen LogP contribution in [0.1, 0.15) is 52.7 Å². The van der Waals surface area contributed by atoms with Crippen molar-refractivity contribution in [2.45, 2.75) is 65.5 Å². The van der Waals surface area contributed by atoms with E-state index in [-0.39, 0.29) is 11.7 Å². The second kappa shape index (κ2) is 7.64. The van der Waals surface area contributed by atoms with Gasteiger partial charge in [0, 0.05) is 45.3 Å². The van der Waals surface area contributed by atoms with Crippen molar-refractivity contribution in [2.75, 3.05) is 7.11 Å². The van der Waals surface area contributed by atoms with Crippen molar-refractivity contribution in [3.05, 3.63) is 47.5 Å². The van der Waals surface area contributed by atoms with Crippen LogP contribution in [0.5, 0.6) is 0 Å². The topological polar surface area (TPSA) is 112 Å². The molecule has 8 heteroatoms. The lowest BCUT2D eigenvalue weighted by Gasteiger charge is -2.72. The Kier molecular flexibility index (Phi) is 5.24. The molecule has 1 N–H and O–H groups in total. The number of furan rings is 1. The summed E-state index contributed by atoms with van der Waals surface area (Å²) in [7, 11) is 1.30. The predicted octanol–water partition coefficient (Wildman–Crippen LogP) is 3.31. The molecule has 9 atom stereocenters. The highest BCUT2D eigenvalue weighted by Crippen LogP contribution is 2.74. The van der Waals surface area contributed by atoms with Crippen LogP contribution in [0.2, 0.25) is 0 Å². The zero-order valence-electron chi connectivity index (χ0n) is 20.9. The van der Waals surface area contributed by atoms with E-state index in [0.717, 1.165) is 11.1 Å². The highest BCUT2D eigenvalue weighted by Gasteiger charge is 2.78. The molecule has 4 bridgehead atoms. The van der Waals surface area contributed by atoms with Crippen LogP contribution in [0.25, 0.3) is 0 Å². The molecule has 35 heavy (non-hydrogen) atoms. The number of ketones is 1. The smallest absolute Gasteiger partial charge is 0.336 e. The fourth-order valence-corrected chi connectivity index (χ4v) is 7.85. The second-order valence-electron chi connectivity index (χ2n) is 11.2. The van der Waals surface area contributed by atoms with E-state index in [2.05, 4.69) is 0 Å². The Morgan fingerprint density at radius 2 is 1.89 bits per heavy atom. The maximum Gasteiger partial charge on any atom is 0.336 e. The summed E-state index contributed by atoms with van der Waals surface area (Å²) in [4.78, 5) is 39.1. The van der Waals surface area contributed by atoms with Crippen LogP contribution >= 0.6 is 0 Å². The van der Waals surface area contributed by atoms with Gasteiger partial charge < -0.3 is 23.7 Å². The molecule has 5 fully saturated rings. The molecule has 188 valence electrons. The maximum atomic E-state index is 13.8. The van der Waals surface area contributed by atoms with Crippen LogP contribution < -0.4 is 0 Å². The minimum absolute atomic E-state index is 0.355. The summed E-state index contributed by atoms with van der Waals surface area (Å²) in [5, 5.41) is 11.6. The second-order valence-corrected chi connectivity index (χ2v) is 11.2. The first-order valence-corrected chi connectivity index (χ1v) is 12.0. The van der Waals surface area contributed by atoms with Crippen LogP contribution in [0.15, 0.2) is 46.3 Å². The van der Waals surface area contributed by atoms with Crippen LogP contribution in [0.4, 0.5) is 0 Å². The molecule has 3 aliphatic heterocycles. The number of Topliss-reactive ketones (excluding diaryl/α,β-unsaturated/α-hetero) is 1. The van der Waals surface area contributed by atoms with Gasteiger partial charge in [-0.15, -0.1) is 0 Å². The van der Waals surface area contributed by atoms with E-state index >= 15 is 0 Å². The molecule has 6 rings (SSSR count). The molecule has 3 saturated heterocycles. The van der Waals surface area contributed by atoms with Gasteiger partial charge in [0.15, 0.2) is 11.9 Å². The number of esters is 2. The molecule has 0 unspecified atom stereocenters. The van der Waals surface area contributed by atoms with Crippen LogP contribution in [0, 0.1) is 28.1 Å². The molecule has 8 nitrogen and oxygen atoms in total. The summed E-state index contributed by atoms with van der Waals surface area (Å²) in [6, 6.07) is 1.78. The highest BCUT2D eigenvalue weighted by atomic mass is 16.6. The number of hydrogen-bond donors (Lipinski definition) is 1. The Labute approximate surface area is 204 Å². The molecule has 0 radical (unpaired) electrons. The van der Waals surface area contributed by atoms with Crippen molar-refractivity contribution in [2.24, 2.45) is 28.1 Å². The average Bonchev–Trinajstić information content (AvgIpc) is 3.32. The van der Waals surface area contributed by atoms with Gasteiger partial charge in [-0.2, -0.15) is 0 Å². The van der Waals surface area contributed by atoms with Gasteiger partial charge >= 0.3 is 11.9 Å². The molecule has 0 spiro atoms. The lowest BCUT2D eigenvalue weighted by atomic mass is 9.37. The quantitative estimate of drug-likeness (QED) is 0.514. The van der Waals surface area contributed by atoms with Crippen LogP contribution in [-0.4, -0.2) is 48.3 Å². The zero-order chi connectivity index (χ0) is 25.5. The molecular weight excluding hydrogens is 452 g/mol. The van der Waals surface area contributed by atoms with Crippen LogP contribution in [-0.2, 0) is 28.6 Å². The van der Waals surface area contributed by atoms with Crippen molar-refractivity contribution in [3.8, 4) is 0 Å². The molecule has 1 aromatic heterocycles. The third-order valence-corrected chi connectivity index (χ3v) is 9.42. The number of rotatable bonds is 3. The predicted molar refractivity (Wildman–Crippen MR) is 123 cm³/mol. The molecule has 5 aliphatic rings. The summed E-state index contributed by atoms with van der Waals surface area (Å²) in [5.74, 6) is -2.37. The van der Waals surface area contributed by atoms with E-state index in [0.29, 0.717) is 12.0 Å². The first-order chi connectivity index (χ1) is 16.4. The lowest BCUT2D eigenvalue weighted by Crippen LogP contribution is -2.78. The first kappa shape index (κ1) is 24.0. The van der Waals surface area contributed by atoms with E-state index in [4.69, 9.17) is 18.6 Å². The Bertz CT molecular complexity index is 1140. The number of aliphatic hydroxyl groups excluding tert-OH is 1. The SMILES string of the molecule is COC(=O)C=C[C@]1(C)C(=C(C)C)C(=O)[C@H](O)[C@@H]2[C@H]1[C@@H]1C[C@@]3(C)[C@@H](c4ccoc4)OC(=O)[C@@H](O1)[C@@]23C. The monoisotopic (exact) mass is 484 g/mol. The molecule has 2 saturated carbocycles. The van der Waals surface area contributed by atoms with E-state index in [1.54, 1.807) is 18.4 Å². The zero-order valence-corrected chi connectivity index (χ0v) is 20.9. The summed E-state index contributed by atoms with van der Waals surface area (Å²) >= 11 is 0. The fraction of sp³-hybridized carbons (Fsp3) is 0.593. The number of ether oxygens (including phenoxy) is 3. The minimum Gasteiger partial charge on any atom is -0.472 e. The molecule has 4 heterocycles. The molecule has 2 aliphatic carbocycles. The Balaban J connectivity index is 1.72. The van der Waals surface area contributed by atoms with Crippen LogP contribution in [0.3, 0.4) is 0 Å². The fourth-order valence-electron chi connectivity index (χ4n) is 7.85. The number of carbonyl (C=O) groups is 3. The number of cyclic esters (lactones) is 1. The van der Waals surface area contributed by atoms with Crippen molar-refractivity contribution in [3.63, 3.8) is 0 Å². The third kappa shape index (κ3) is 2.90. The van der Waals surface area contributed by atoms with Gasteiger partial charge in [0.1, 0.15) is 12.2 Å². The first-order valence-electron chi connectivity index (χ1n) is 12.0. The molecule has 0 aromatic carbocycles. The van der Waals surface area contributed by atoms with E-state index < -0.39 is 58.5 Å². The Morgan fingerprint density at radius 3 is 2.49 bits per heavy atom. The average molecular weight is 485 g/mol. The third-order valence-electron chi connectivity index (χ3n) is 9.42. The summed E-state index contributed by atoms with van der Waals surface area (Å²) in [5.41, 5.74) is -0.503. The van der Waals surface area contributed by atoms with Gasteiger partial charge in [0.2, 0.25) is 0 Å². The van der Waals surface area contributed by atoms with E-state index in [1.165, 1.54) is 19.4 Å². The number of aliphatic hydroxyl groups is 1. The molecule has 1 aromatic rings. The standard InChI is InChI=1S/C27H32O8/c1-13(2)17-20(29)21(30)19-18(25(17,3)9-7-16(28)32-6)15-11-26(4)22(14-8-10-33-12-14)35-24(31)23(34-15)27(19,26)5/h7-10,12,15,18-19,21-23,30H,11H2,1-6H3/t15-,18+,19-,21+,22+,23+,25+,26-,27+/m0/s1.